The fourth-order valence-corrected chi connectivity index (χ4v) is 1.70. The fraction of sp³-hybridized carbons (Fsp3) is 0.909. The van der Waals surface area contributed by atoms with E-state index in [0.29, 0.717) is 18.6 Å². The van der Waals surface area contributed by atoms with Crippen LogP contribution >= 0.6 is 24.8 Å². The number of likely N-dealkylation sites (N-methyl/N-ethyl adjacent to an activating group) is 1. The highest BCUT2D eigenvalue weighted by molar-refractivity contribution is 5.85. The highest BCUT2D eigenvalue weighted by Crippen LogP contribution is 2.04. The molecule has 1 rings (SSSR count). The molecule has 1 atom stereocenters. The van der Waals surface area contributed by atoms with Crippen LogP contribution < -0.4 is 5.32 Å². The van der Waals surface area contributed by atoms with Crippen LogP contribution in [0.3, 0.4) is 0 Å². The summed E-state index contributed by atoms with van der Waals surface area (Å²) in [6, 6.07) is 0.749. The third-order valence-electron chi connectivity index (χ3n) is 3.09. The second-order valence-corrected chi connectivity index (χ2v) is 4.65. The maximum absolute atomic E-state index is 12.0. The molecule has 1 aliphatic heterocycles. The van der Waals surface area contributed by atoms with Gasteiger partial charge in [0.2, 0.25) is 5.91 Å². The molecule has 4 nitrogen and oxygen atoms in total. The number of nitrogens with zero attached hydrogens (tertiary/aromatic N) is 2. The van der Waals surface area contributed by atoms with Crippen molar-refractivity contribution in [2.45, 2.75) is 32.9 Å². The third kappa shape index (κ3) is 5.91. The van der Waals surface area contributed by atoms with Crippen LogP contribution in [0.1, 0.15) is 20.8 Å². The van der Waals surface area contributed by atoms with Crippen molar-refractivity contribution in [2.24, 2.45) is 0 Å². The summed E-state index contributed by atoms with van der Waals surface area (Å²) in [5.41, 5.74) is 0. The molecule has 0 aromatic heterocycles. The zero-order valence-corrected chi connectivity index (χ0v) is 12.7. The van der Waals surface area contributed by atoms with Crippen LogP contribution in [-0.4, -0.2) is 61.0 Å². The molecule has 6 heteroatoms. The maximum Gasteiger partial charge on any atom is 0.237 e. The van der Waals surface area contributed by atoms with Crippen LogP contribution in [0.4, 0.5) is 0 Å². The number of hydrogen-bond donors (Lipinski definition) is 1. The minimum atomic E-state index is 0. The van der Waals surface area contributed by atoms with Gasteiger partial charge in [0, 0.05) is 31.7 Å². The van der Waals surface area contributed by atoms with Crippen molar-refractivity contribution in [1.29, 1.82) is 0 Å². The van der Waals surface area contributed by atoms with Gasteiger partial charge in [0.1, 0.15) is 0 Å². The summed E-state index contributed by atoms with van der Waals surface area (Å²) in [4.78, 5) is 16.0. The second-order valence-electron chi connectivity index (χ2n) is 4.65. The Labute approximate surface area is 117 Å². The Morgan fingerprint density at radius 3 is 2.53 bits per heavy atom. The predicted octanol–water partition coefficient (Wildman–Crippen LogP) is 0.990. The van der Waals surface area contributed by atoms with E-state index in [1.165, 1.54) is 0 Å². The standard InChI is InChI=1S/C11H23N3O.2ClH/c1-9(2)13(4)8-11(15)14-6-5-12-7-10(14)3;;/h9-10,12H,5-8H2,1-4H3;2*1H/t10-;;/m1../s1. The van der Waals surface area contributed by atoms with E-state index in [1.54, 1.807) is 0 Å². The summed E-state index contributed by atoms with van der Waals surface area (Å²) < 4.78 is 0. The van der Waals surface area contributed by atoms with Crippen LogP contribution in [0, 0.1) is 0 Å². The molecule has 0 unspecified atom stereocenters. The number of carbonyl (C=O) groups excluding carboxylic acids is 1. The van der Waals surface area contributed by atoms with Gasteiger partial charge in [0.05, 0.1) is 6.54 Å². The maximum atomic E-state index is 12.0. The molecule has 0 radical (unpaired) electrons. The monoisotopic (exact) mass is 285 g/mol. The van der Waals surface area contributed by atoms with Crippen molar-refractivity contribution >= 4 is 30.7 Å². The van der Waals surface area contributed by atoms with E-state index in [-0.39, 0.29) is 30.7 Å². The molecule has 17 heavy (non-hydrogen) atoms. The summed E-state index contributed by atoms with van der Waals surface area (Å²) in [6.07, 6.45) is 0. The smallest absolute Gasteiger partial charge is 0.237 e. The first-order chi connectivity index (χ1) is 7.02. The van der Waals surface area contributed by atoms with E-state index < -0.39 is 0 Å². The summed E-state index contributed by atoms with van der Waals surface area (Å²) in [6.45, 7) is 9.51. The molecule has 0 aliphatic carbocycles. The number of piperazine rings is 1. The van der Waals surface area contributed by atoms with Gasteiger partial charge < -0.3 is 10.2 Å². The van der Waals surface area contributed by atoms with E-state index in [2.05, 4.69) is 31.0 Å². The van der Waals surface area contributed by atoms with Crippen molar-refractivity contribution in [2.75, 3.05) is 33.2 Å². The van der Waals surface area contributed by atoms with Crippen LogP contribution in [0.25, 0.3) is 0 Å². The molecule has 0 aromatic carbocycles. The quantitative estimate of drug-likeness (QED) is 0.840. The minimum absolute atomic E-state index is 0. The highest BCUT2D eigenvalue weighted by Gasteiger charge is 2.23. The summed E-state index contributed by atoms with van der Waals surface area (Å²) >= 11 is 0. The Morgan fingerprint density at radius 1 is 1.47 bits per heavy atom. The summed E-state index contributed by atoms with van der Waals surface area (Å²) in [5.74, 6) is 0.250. The van der Waals surface area contributed by atoms with Gasteiger partial charge in [-0.1, -0.05) is 0 Å². The van der Waals surface area contributed by atoms with Gasteiger partial charge in [-0.2, -0.15) is 0 Å². The number of hydrogen-bond acceptors (Lipinski definition) is 3. The van der Waals surface area contributed by atoms with Crippen LogP contribution in [0.5, 0.6) is 0 Å². The lowest BCUT2D eigenvalue weighted by Crippen LogP contribution is -2.54. The molecule has 1 N–H and O–H groups in total. The fourth-order valence-electron chi connectivity index (χ4n) is 1.70. The summed E-state index contributed by atoms with van der Waals surface area (Å²) in [7, 11) is 2.00. The van der Waals surface area contributed by atoms with Crippen molar-refractivity contribution in [1.82, 2.24) is 15.1 Å². The Bertz CT molecular complexity index is 227. The van der Waals surface area contributed by atoms with Crippen molar-refractivity contribution in [3.8, 4) is 0 Å². The molecule has 1 saturated heterocycles. The average Bonchev–Trinajstić information content (AvgIpc) is 2.18. The molecule has 104 valence electrons. The first-order valence-electron chi connectivity index (χ1n) is 5.72. The number of carbonyl (C=O) groups is 1. The van der Waals surface area contributed by atoms with Gasteiger partial charge in [0.15, 0.2) is 0 Å². The molecule has 1 heterocycles. The number of amides is 1. The first-order valence-corrected chi connectivity index (χ1v) is 5.72. The third-order valence-corrected chi connectivity index (χ3v) is 3.09. The first kappa shape index (κ1) is 19.3. The number of halogens is 2. The normalized spacial score (nSPS) is 19.9. The lowest BCUT2D eigenvalue weighted by atomic mass is 10.2. The molecule has 1 fully saturated rings. The summed E-state index contributed by atoms with van der Waals surface area (Å²) in [5, 5.41) is 3.29. The molecule has 1 amide bonds. The molecular weight excluding hydrogens is 261 g/mol. The Hall–Kier alpha value is -0.0300. The van der Waals surface area contributed by atoms with Crippen LogP contribution in [0.2, 0.25) is 0 Å². The van der Waals surface area contributed by atoms with Gasteiger partial charge >= 0.3 is 0 Å². The van der Waals surface area contributed by atoms with Crippen LogP contribution in [-0.2, 0) is 4.79 Å². The second kappa shape index (κ2) is 8.97. The van der Waals surface area contributed by atoms with Gasteiger partial charge in [-0.05, 0) is 27.8 Å². The van der Waals surface area contributed by atoms with Crippen LogP contribution in [0.15, 0.2) is 0 Å². The Balaban J connectivity index is 0. The van der Waals surface area contributed by atoms with Crippen molar-refractivity contribution in [3.05, 3.63) is 0 Å². The van der Waals surface area contributed by atoms with E-state index in [4.69, 9.17) is 0 Å². The molecule has 0 aromatic rings. The Morgan fingerprint density at radius 2 is 2.06 bits per heavy atom. The van der Waals surface area contributed by atoms with Gasteiger partial charge in [-0.25, -0.2) is 0 Å². The molecule has 1 aliphatic rings. The molecule has 0 spiro atoms. The largest absolute Gasteiger partial charge is 0.336 e. The van der Waals surface area contributed by atoms with E-state index >= 15 is 0 Å². The van der Waals surface area contributed by atoms with E-state index in [1.807, 2.05) is 11.9 Å². The van der Waals surface area contributed by atoms with Crippen molar-refractivity contribution < 1.29 is 4.79 Å². The van der Waals surface area contributed by atoms with Gasteiger partial charge in [-0.3, -0.25) is 9.69 Å². The molecular formula is C11H25Cl2N3O. The highest BCUT2D eigenvalue weighted by atomic mass is 35.5. The lowest BCUT2D eigenvalue weighted by molar-refractivity contribution is -0.135. The molecule has 0 saturated carbocycles. The van der Waals surface area contributed by atoms with E-state index in [0.717, 1.165) is 19.6 Å². The zero-order chi connectivity index (χ0) is 11.4. The van der Waals surface area contributed by atoms with Gasteiger partial charge in [-0.15, -0.1) is 24.8 Å². The molecule has 0 bridgehead atoms. The minimum Gasteiger partial charge on any atom is -0.336 e. The number of nitrogens with one attached hydrogen (secondary N) is 1. The van der Waals surface area contributed by atoms with E-state index in [9.17, 15) is 4.79 Å². The topological polar surface area (TPSA) is 35.6 Å². The average molecular weight is 286 g/mol. The number of rotatable bonds is 3. The van der Waals surface area contributed by atoms with Gasteiger partial charge in [0.25, 0.3) is 0 Å². The zero-order valence-electron chi connectivity index (χ0n) is 11.1. The predicted molar refractivity (Wildman–Crippen MR) is 76.3 cm³/mol. The lowest BCUT2D eigenvalue weighted by Gasteiger charge is -2.35. The SMILES string of the molecule is CC(C)N(C)CC(=O)N1CCNC[C@H]1C.Cl.Cl. The van der Waals surface area contributed by atoms with Crippen molar-refractivity contribution in [3.63, 3.8) is 0 Å². The Kier molecular flexibility index (Phi) is 10.2.